The first-order valence-corrected chi connectivity index (χ1v) is 5.60. The molecular weight excluding hydrogens is 238 g/mol. The Kier molecular flexibility index (Phi) is 3.21. The third kappa shape index (κ3) is 2.20. The van der Waals surface area contributed by atoms with Crippen molar-refractivity contribution in [2.24, 2.45) is 5.73 Å². The zero-order valence-corrected chi connectivity index (χ0v) is 9.98. The van der Waals surface area contributed by atoms with Crippen LogP contribution in [0.4, 0.5) is 11.6 Å². The zero-order chi connectivity index (χ0) is 12.4. The second kappa shape index (κ2) is 4.65. The van der Waals surface area contributed by atoms with E-state index in [-0.39, 0.29) is 0 Å². The van der Waals surface area contributed by atoms with E-state index in [9.17, 15) is 0 Å². The van der Waals surface area contributed by atoms with Crippen LogP contribution in [0.3, 0.4) is 0 Å². The van der Waals surface area contributed by atoms with Gasteiger partial charge >= 0.3 is 0 Å². The molecule has 6 heteroatoms. The molecule has 0 fully saturated rings. The van der Waals surface area contributed by atoms with Crippen LogP contribution < -0.4 is 17.2 Å². The van der Waals surface area contributed by atoms with Crippen LogP contribution in [-0.4, -0.2) is 16.3 Å². The van der Waals surface area contributed by atoms with Crippen molar-refractivity contribution in [3.05, 3.63) is 34.9 Å². The van der Waals surface area contributed by atoms with E-state index in [1.165, 1.54) is 0 Å². The molecular formula is C11H14ClN5. The van der Waals surface area contributed by atoms with Crippen LogP contribution in [0.25, 0.3) is 5.69 Å². The van der Waals surface area contributed by atoms with Crippen molar-refractivity contribution >= 4 is 23.2 Å². The molecule has 0 atom stereocenters. The lowest BCUT2D eigenvalue weighted by Gasteiger charge is -2.04. The van der Waals surface area contributed by atoms with Crippen LogP contribution in [0, 0.1) is 0 Å². The van der Waals surface area contributed by atoms with E-state index in [4.69, 9.17) is 28.8 Å². The SMILES string of the molecule is NCCc1c(N)nn(-c2ccc(Cl)cc2)c1N. The standard InChI is InChI=1S/C11H14ClN5/c12-7-1-3-8(4-2-7)17-11(15)9(5-6-13)10(14)16-17/h1-4H,5-6,13,15H2,(H2,14,16). The highest BCUT2D eigenvalue weighted by molar-refractivity contribution is 6.30. The predicted octanol–water partition coefficient (Wildman–Crippen LogP) is 1.19. The molecule has 0 radical (unpaired) electrons. The molecule has 1 heterocycles. The van der Waals surface area contributed by atoms with E-state index in [0.29, 0.717) is 29.6 Å². The third-order valence-corrected chi connectivity index (χ3v) is 2.77. The van der Waals surface area contributed by atoms with Crippen molar-refractivity contribution in [3.8, 4) is 5.69 Å². The van der Waals surface area contributed by atoms with Gasteiger partial charge in [0.25, 0.3) is 0 Å². The molecule has 1 aromatic heterocycles. The molecule has 90 valence electrons. The zero-order valence-electron chi connectivity index (χ0n) is 9.23. The maximum Gasteiger partial charge on any atom is 0.151 e. The van der Waals surface area contributed by atoms with Crippen molar-refractivity contribution < 1.29 is 0 Å². The minimum Gasteiger partial charge on any atom is -0.383 e. The molecule has 0 aliphatic rings. The fourth-order valence-corrected chi connectivity index (χ4v) is 1.79. The van der Waals surface area contributed by atoms with Gasteiger partial charge in [-0.1, -0.05) is 11.6 Å². The molecule has 0 saturated heterocycles. The Morgan fingerprint density at radius 1 is 1.18 bits per heavy atom. The molecule has 1 aromatic carbocycles. The number of rotatable bonds is 3. The number of nitrogen functional groups attached to an aromatic ring is 2. The molecule has 0 amide bonds. The van der Waals surface area contributed by atoms with Crippen LogP contribution in [0.5, 0.6) is 0 Å². The van der Waals surface area contributed by atoms with Gasteiger partial charge in [0, 0.05) is 10.6 Å². The van der Waals surface area contributed by atoms with Crippen molar-refractivity contribution in [2.45, 2.75) is 6.42 Å². The van der Waals surface area contributed by atoms with Gasteiger partial charge in [-0.15, -0.1) is 5.10 Å². The average Bonchev–Trinajstić information content (AvgIpc) is 2.59. The molecule has 2 rings (SSSR count). The molecule has 0 unspecified atom stereocenters. The highest BCUT2D eigenvalue weighted by Crippen LogP contribution is 2.23. The van der Waals surface area contributed by atoms with Crippen LogP contribution in [-0.2, 0) is 6.42 Å². The van der Waals surface area contributed by atoms with Crippen LogP contribution in [0.2, 0.25) is 5.02 Å². The Bertz CT molecular complexity index is 517. The molecule has 0 bridgehead atoms. The molecule has 0 saturated carbocycles. The van der Waals surface area contributed by atoms with Crippen molar-refractivity contribution in [2.75, 3.05) is 18.0 Å². The summed E-state index contributed by atoms with van der Waals surface area (Å²) in [5.41, 5.74) is 18.9. The summed E-state index contributed by atoms with van der Waals surface area (Å²) in [4.78, 5) is 0. The van der Waals surface area contributed by atoms with Crippen molar-refractivity contribution in [3.63, 3.8) is 0 Å². The van der Waals surface area contributed by atoms with Gasteiger partial charge in [0.05, 0.1) is 5.69 Å². The summed E-state index contributed by atoms with van der Waals surface area (Å²) >= 11 is 5.82. The summed E-state index contributed by atoms with van der Waals surface area (Å²) in [5, 5.41) is 4.86. The Balaban J connectivity index is 2.46. The maximum atomic E-state index is 5.99. The predicted molar refractivity (Wildman–Crippen MR) is 70.2 cm³/mol. The quantitative estimate of drug-likeness (QED) is 0.764. The number of hydrogen-bond acceptors (Lipinski definition) is 4. The van der Waals surface area contributed by atoms with Crippen LogP contribution >= 0.6 is 11.6 Å². The molecule has 0 aliphatic heterocycles. The van der Waals surface area contributed by atoms with E-state index >= 15 is 0 Å². The molecule has 0 spiro atoms. The second-order valence-electron chi connectivity index (χ2n) is 3.68. The number of hydrogen-bond donors (Lipinski definition) is 3. The van der Waals surface area contributed by atoms with Gasteiger partial charge in [-0.3, -0.25) is 0 Å². The number of nitrogens with zero attached hydrogens (tertiary/aromatic N) is 2. The lowest BCUT2D eigenvalue weighted by atomic mass is 10.2. The smallest absolute Gasteiger partial charge is 0.151 e. The summed E-state index contributed by atoms with van der Waals surface area (Å²) in [6, 6.07) is 7.21. The highest BCUT2D eigenvalue weighted by Gasteiger charge is 2.13. The first kappa shape index (κ1) is 11.8. The minimum absolute atomic E-state index is 0.419. The lowest BCUT2D eigenvalue weighted by molar-refractivity contribution is 0.895. The van der Waals surface area contributed by atoms with E-state index in [1.54, 1.807) is 16.8 Å². The van der Waals surface area contributed by atoms with Crippen molar-refractivity contribution in [1.82, 2.24) is 9.78 Å². The van der Waals surface area contributed by atoms with Gasteiger partial charge in [-0.05, 0) is 37.2 Å². The maximum absolute atomic E-state index is 5.99. The monoisotopic (exact) mass is 251 g/mol. The van der Waals surface area contributed by atoms with E-state index in [1.807, 2.05) is 12.1 Å². The van der Waals surface area contributed by atoms with Gasteiger partial charge in [0.15, 0.2) is 5.82 Å². The Hall–Kier alpha value is -1.72. The largest absolute Gasteiger partial charge is 0.383 e. The second-order valence-corrected chi connectivity index (χ2v) is 4.11. The summed E-state index contributed by atoms with van der Waals surface area (Å²) < 4.78 is 1.59. The van der Waals surface area contributed by atoms with Gasteiger partial charge in [-0.25, -0.2) is 4.68 Å². The molecule has 6 N–H and O–H groups in total. The summed E-state index contributed by atoms with van der Waals surface area (Å²) in [7, 11) is 0. The van der Waals surface area contributed by atoms with Gasteiger partial charge < -0.3 is 17.2 Å². The molecule has 17 heavy (non-hydrogen) atoms. The summed E-state index contributed by atoms with van der Waals surface area (Å²) in [5.74, 6) is 0.943. The van der Waals surface area contributed by atoms with E-state index < -0.39 is 0 Å². The normalized spacial score (nSPS) is 10.7. The fraction of sp³-hybridized carbons (Fsp3) is 0.182. The van der Waals surface area contributed by atoms with E-state index in [0.717, 1.165) is 11.3 Å². The summed E-state index contributed by atoms with van der Waals surface area (Å²) in [6.45, 7) is 0.487. The van der Waals surface area contributed by atoms with Crippen LogP contribution in [0.1, 0.15) is 5.56 Å². The topological polar surface area (TPSA) is 95.9 Å². The molecule has 2 aromatic rings. The average molecular weight is 252 g/mol. The van der Waals surface area contributed by atoms with E-state index in [2.05, 4.69) is 5.10 Å². The summed E-state index contributed by atoms with van der Waals surface area (Å²) in [6.07, 6.45) is 0.616. The van der Waals surface area contributed by atoms with Gasteiger partial charge in [0.1, 0.15) is 5.82 Å². The van der Waals surface area contributed by atoms with Crippen LogP contribution in [0.15, 0.2) is 24.3 Å². The number of benzene rings is 1. The Morgan fingerprint density at radius 3 is 2.41 bits per heavy atom. The number of nitrogens with two attached hydrogens (primary N) is 3. The van der Waals surface area contributed by atoms with Gasteiger partial charge in [0.2, 0.25) is 0 Å². The lowest BCUT2D eigenvalue weighted by Crippen LogP contribution is -2.07. The third-order valence-electron chi connectivity index (χ3n) is 2.52. The van der Waals surface area contributed by atoms with Gasteiger partial charge in [-0.2, -0.15) is 0 Å². The number of anilines is 2. The van der Waals surface area contributed by atoms with Crippen molar-refractivity contribution in [1.29, 1.82) is 0 Å². The molecule has 5 nitrogen and oxygen atoms in total. The first-order valence-electron chi connectivity index (χ1n) is 5.22. The Labute approximate surface area is 104 Å². The number of aromatic nitrogens is 2. The number of halogens is 1. The Morgan fingerprint density at radius 2 is 1.82 bits per heavy atom. The minimum atomic E-state index is 0.419. The fourth-order valence-electron chi connectivity index (χ4n) is 1.66. The molecule has 0 aliphatic carbocycles. The highest BCUT2D eigenvalue weighted by atomic mass is 35.5. The first-order chi connectivity index (χ1) is 8.13.